The second kappa shape index (κ2) is 7.98. The predicted molar refractivity (Wildman–Crippen MR) is 105 cm³/mol. The number of esters is 1. The molecule has 0 saturated carbocycles. The van der Waals surface area contributed by atoms with E-state index in [-0.39, 0.29) is 16.9 Å². The largest absolute Gasteiger partial charge is 0.482 e. The van der Waals surface area contributed by atoms with Crippen molar-refractivity contribution in [3.8, 4) is 22.6 Å². The molecule has 0 aliphatic rings. The second-order valence-electron chi connectivity index (χ2n) is 6.22. The van der Waals surface area contributed by atoms with Crippen molar-refractivity contribution in [3.63, 3.8) is 0 Å². The van der Waals surface area contributed by atoms with Crippen molar-refractivity contribution < 1.29 is 23.1 Å². The molecule has 6 heteroatoms. The van der Waals surface area contributed by atoms with Gasteiger partial charge in [0.2, 0.25) is 0 Å². The topological polar surface area (TPSA) is 65.7 Å². The lowest BCUT2D eigenvalue weighted by atomic mass is 10.1. The van der Waals surface area contributed by atoms with E-state index in [4.69, 9.17) is 13.9 Å². The van der Waals surface area contributed by atoms with Crippen LogP contribution in [0.3, 0.4) is 0 Å². The molecule has 0 spiro atoms. The summed E-state index contributed by atoms with van der Waals surface area (Å²) in [5.41, 5.74) is 1.33. The van der Waals surface area contributed by atoms with E-state index < -0.39 is 18.4 Å². The third kappa shape index (κ3) is 4.16. The average Bonchev–Trinajstić information content (AvgIpc) is 2.73. The zero-order valence-electron chi connectivity index (χ0n) is 15.1. The number of ether oxygens (including phenoxy) is 2. The van der Waals surface area contributed by atoms with Gasteiger partial charge < -0.3 is 13.9 Å². The van der Waals surface area contributed by atoms with Crippen LogP contribution in [0, 0.1) is 5.82 Å². The van der Waals surface area contributed by atoms with Crippen LogP contribution in [0.15, 0.2) is 88.3 Å². The summed E-state index contributed by atoms with van der Waals surface area (Å²) in [6, 6.07) is 19.2. The third-order valence-electron chi connectivity index (χ3n) is 4.22. The Bertz CT molecular complexity index is 1230. The first-order valence-electron chi connectivity index (χ1n) is 8.80. The molecule has 0 bridgehead atoms. The molecular weight excluding hydrogens is 375 g/mol. The van der Waals surface area contributed by atoms with E-state index in [0.29, 0.717) is 16.5 Å². The zero-order valence-corrected chi connectivity index (χ0v) is 15.1. The highest BCUT2D eigenvalue weighted by atomic mass is 19.1. The first-order valence-corrected chi connectivity index (χ1v) is 8.80. The highest BCUT2D eigenvalue weighted by Crippen LogP contribution is 2.23. The van der Waals surface area contributed by atoms with Crippen molar-refractivity contribution in [1.29, 1.82) is 0 Å². The number of carbonyl (C=O) groups is 1. The number of fused-ring (bicyclic) bond motifs is 1. The molecule has 0 atom stereocenters. The molecule has 1 aromatic heterocycles. The van der Waals surface area contributed by atoms with Gasteiger partial charge in [-0.3, -0.25) is 4.79 Å². The number of benzene rings is 3. The van der Waals surface area contributed by atoms with Gasteiger partial charge in [0.1, 0.15) is 29.2 Å². The van der Waals surface area contributed by atoms with Gasteiger partial charge in [0.05, 0.1) is 10.9 Å². The van der Waals surface area contributed by atoms with Crippen LogP contribution in [0.25, 0.3) is 22.1 Å². The van der Waals surface area contributed by atoms with Gasteiger partial charge in [-0.1, -0.05) is 36.4 Å². The zero-order chi connectivity index (χ0) is 20.2. The molecule has 144 valence electrons. The summed E-state index contributed by atoms with van der Waals surface area (Å²) in [5, 5.41) is 0.377. The standard InChI is InChI=1S/C23H15FO5/c24-16-7-4-8-17(11-16)27-14-22(25)29-18-9-10-19-21(12-18)28-13-20(23(19)26)15-5-2-1-3-6-15/h1-13H,14H2. The second-order valence-corrected chi connectivity index (χ2v) is 6.22. The molecule has 0 unspecified atom stereocenters. The van der Waals surface area contributed by atoms with Gasteiger partial charge in [0.25, 0.3) is 0 Å². The lowest BCUT2D eigenvalue weighted by Gasteiger charge is -2.08. The molecule has 0 aliphatic heterocycles. The maximum Gasteiger partial charge on any atom is 0.349 e. The fourth-order valence-electron chi connectivity index (χ4n) is 2.85. The highest BCUT2D eigenvalue weighted by molar-refractivity contribution is 5.83. The molecule has 4 rings (SSSR count). The SMILES string of the molecule is O=C(COc1cccc(F)c1)Oc1ccc2c(=O)c(-c3ccccc3)coc2c1. The molecule has 0 saturated heterocycles. The van der Waals surface area contributed by atoms with E-state index in [0.717, 1.165) is 5.56 Å². The number of hydrogen-bond acceptors (Lipinski definition) is 5. The molecule has 29 heavy (non-hydrogen) atoms. The summed E-state index contributed by atoms with van der Waals surface area (Å²) in [6.07, 6.45) is 1.39. The number of halogens is 1. The summed E-state index contributed by atoms with van der Waals surface area (Å²) in [5.74, 6) is -0.701. The monoisotopic (exact) mass is 390 g/mol. The molecule has 0 fully saturated rings. The maximum absolute atomic E-state index is 13.1. The minimum Gasteiger partial charge on any atom is -0.482 e. The Balaban J connectivity index is 1.50. The molecule has 1 heterocycles. The van der Waals surface area contributed by atoms with Crippen LogP contribution >= 0.6 is 0 Å². The summed E-state index contributed by atoms with van der Waals surface area (Å²) in [4.78, 5) is 24.7. The van der Waals surface area contributed by atoms with Gasteiger partial charge in [0.15, 0.2) is 12.0 Å². The fraction of sp³-hybridized carbons (Fsp3) is 0.0435. The third-order valence-corrected chi connectivity index (χ3v) is 4.22. The molecule has 0 amide bonds. The Labute approximate surface area is 164 Å². The molecule has 0 N–H and O–H groups in total. The van der Waals surface area contributed by atoms with Crippen molar-refractivity contribution in [2.24, 2.45) is 0 Å². The van der Waals surface area contributed by atoms with Crippen molar-refractivity contribution in [2.45, 2.75) is 0 Å². The van der Waals surface area contributed by atoms with Crippen LogP contribution in [0.2, 0.25) is 0 Å². The average molecular weight is 390 g/mol. The minimum absolute atomic E-state index is 0.176. The van der Waals surface area contributed by atoms with Crippen LogP contribution in [-0.4, -0.2) is 12.6 Å². The Hall–Kier alpha value is -3.93. The van der Waals surface area contributed by atoms with E-state index in [2.05, 4.69) is 0 Å². The molecule has 5 nitrogen and oxygen atoms in total. The Morgan fingerprint density at radius 2 is 1.76 bits per heavy atom. The van der Waals surface area contributed by atoms with E-state index in [1.807, 2.05) is 30.3 Å². The smallest absolute Gasteiger partial charge is 0.349 e. The van der Waals surface area contributed by atoms with Crippen LogP contribution in [0.4, 0.5) is 4.39 Å². The fourth-order valence-corrected chi connectivity index (χ4v) is 2.85. The Kier molecular flexibility index (Phi) is 5.07. The van der Waals surface area contributed by atoms with Crippen LogP contribution < -0.4 is 14.9 Å². The Morgan fingerprint density at radius 1 is 0.931 bits per heavy atom. The van der Waals surface area contributed by atoms with Crippen LogP contribution in [0.5, 0.6) is 11.5 Å². The summed E-state index contributed by atoms with van der Waals surface area (Å²) >= 11 is 0. The van der Waals surface area contributed by atoms with Crippen molar-refractivity contribution >= 4 is 16.9 Å². The summed E-state index contributed by atoms with van der Waals surface area (Å²) in [7, 11) is 0. The first kappa shape index (κ1) is 18.4. The summed E-state index contributed by atoms with van der Waals surface area (Å²) < 4.78 is 29.1. The quantitative estimate of drug-likeness (QED) is 0.369. The molecular formula is C23H15FO5. The normalized spacial score (nSPS) is 10.7. The number of rotatable bonds is 5. The van der Waals surface area contributed by atoms with Crippen molar-refractivity contribution in [2.75, 3.05) is 6.61 Å². The van der Waals surface area contributed by atoms with E-state index in [1.54, 1.807) is 6.07 Å². The minimum atomic E-state index is -0.670. The lowest BCUT2D eigenvalue weighted by molar-refractivity contribution is -0.136. The van der Waals surface area contributed by atoms with Gasteiger partial charge in [-0.05, 0) is 29.8 Å². The van der Waals surface area contributed by atoms with E-state index in [9.17, 15) is 14.0 Å². The van der Waals surface area contributed by atoms with Gasteiger partial charge in [-0.15, -0.1) is 0 Å². The predicted octanol–water partition coefficient (Wildman–Crippen LogP) is 4.58. The van der Waals surface area contributed by atoms with E-state index in [1.165, 1.54) is 42.7 Å². The number of hydrogen-bond donors (Lipinski definition) is 0. The highest BCUT2D eigenvalue weighted by Gasteiger charge is 2.12. The lowest BCUT2D eigenvalue weighted by Crippen LogP contribution is -2.17. The van der Waals surface area contributed by atoms with Gasteiger partial charge in [-0.25, -0.2) is 9.18 Å². The van der Waals surface area contributed by atoms with Crippen molar-refractivity contribution in [3.05, 3.63) is 95.1 Å². The van der Waals surface area contributed by atoms with Crippen LogP contribution in [0.1, 0.15) is 0 Å². The molecule has 0 radical (unpaired) electrons. The summed E-state index contributed by atoms with van der Waals surface area (Å²) in [6.45, 7) is -0.390. The maximum atomic E-state index is 13.1. The van der Waals surface area contributed by atoms with E-state index >= 15 is 0 Å². The van der Waals surface area contributed by atoms with Crippen LogP contribution in [-0.2, 0) is 4.79 Å². The van der Waals surface area contributed by atoms with Gasteiger partial charge >= 0.3 is 5.97 Å². The van der Waals surface area contributed by atoms with Crippen molar-refractivity contribution in [1.82, 2.24) is 0 Å². The van der Waals surface area contributed by atoms with Gasteiger partial charge in [-0.2, -0.15) is 0 Å². The first-order chi connectivity index (χ1) is 14.1. The molecule has 0 aliphatic carbocycles. The molecule has 4 aromatic rings. The van der Waals surface area contributed by atoms with Gasteiger partial charge in [0, 0.05) is 12.1 Å². The Morgan fingerprint density at radius 3 is 2.55 bits per heavy atom. The molecule has 3 aromatic carbocycles. The number of carbonyl (C=O) groups excluding carboxylic acids is 1.